The molecule has 1 fully saturated rings. The van der Waals surface area contributed by atoms with Gasteiger partial charge in [-0.05, 0) is 6.42 Å². The summed E-state index contributed by atoms with van der Waals surface area (Å²) >= 11 is 0. The maximum atomic E-state index is 13.0. The molecule has 0 aromatic carbocycles. The molecule has 3 heterocycles. The molecule has 2 aromatic heterocycles. The summed E-state index contributed by atoms with van der Waals surface area (Å²) < 4.78 is 6.99. The summed E-state index contributed by atoms with van der Waals surface area (Å²) in [6.07, 6.45) is 5.15. The van der Waals surface area contributed by atoms with E-state index in [1.165, 1.54) is 11.3 Å². The quantitative estimate of drug-likeness (QED) is 0.845. The minimum atomic E-state index is -1.08. The van der Waals surface area contributed by atoms with E-state index in [9.17, 15) is 9.59 Å². The Morgan fingerprint density at radius 2 is 2.12 bits per heavy atom. The lowest BCUT2D eigenvalue weighted by molar-refractivity contribution is -0.132. The van der Waals surface area contributed by atoms with E-state index in [0.29, 0.717) is 23.4 Å². The van der Waals surface area contributed by atoms with Gasteiger partial charge in [-0.3, -0.25) is 14.4 Å². The van der Waals surface area contributed by atoms with Gasteiger partial charge in [0.25, 0.3) is 5.91 Å². The molecule has 0 radical (unpaired) electrons. The molecule has 8 nitrogen and oxygen atoms in total. The Labute approximate surface area is 139 Å². The molecule has 1 aliphatic heterocycles. The molecule has 0 saturated carbocycles. The third-order valence-corrected chi connectivity index (χ3v) is 4.41. The van der Waals surface area contributed by atoms with Gasteiger partial charge in [-0.25, -0.2) is 9.78 Å². The van der Waals surface area contributed by atoms with Gasteiger partial charge in [-0.1, -0.05) is 20.8 Å². The average Bonchev–Trinajstić information content (AvgIpc) is 3.22. The van der Waals surface area contributed by atoms with Crippen molar-refractivity contribution in [2.24, 2.45) is 7.05 Å². The molecule has 1 saturated heterocycles. The molecule has 0 aliphatic carbocycles. The van der Waals surface area contributed by atoms with Crippen molar-refractivity contribution < 1.29 is 14.0 Å². The fourth-order valence-corrected chi connectivity index (χ4v) is 3.07. The highest BCUT2D eigenvalue weighted by Crippen LogP contribution is 2.33. The number of urea groups is 1. The first-order valence-electron chi connectivity index (χ1n) is 7.94. The van der Waals surface area contributed by atoms with Gasteiger partial charge in [-0.2, -0.15) is 5.10 Å². The lowest BCUT2D eigenvalue weighted by atomic mass is 9.89. The molecular formula is C16H21N5O3. The van der Waals surface area contributed by atoms with Crippen LogP contribution in [0.4, 0.5) is 4.79 Å². The third kappa shape index (κ3) is 2.38. The Morgan fingerprint density at radius 3 is 2.71 bits per heavy atom. The molecule has 1 atom stereocenters. The Morgan fingerprint density at radius 1 is 1.38 bits per heavy atom. The summed E-state index contributed by atoms with van der Waals surface area (Å²) in [7, 11) is 1.77. The summed E-state index contributed by atoms with van der Waals surface area (Å²) in [5.74, 6) is 0.518. The highest BCUT2D eigenvalue weighted by atomic mass is 16.3. The Bertz CT molecular complexity index is 778. The monoisotopic (exact) mass is 331 g/mol. The molecule has 1 aliphatic rings. The number of nitrogens with one attached hydrogen (secondary N) is 1. The van der Waals surface area contributed by atoms with Crippen LogP contribution in [0.15, 0.2) is 23.2 Å². The second kappa shape index (κ2) is 5.77. The van der Waals surface area contributed by atoms with Crippen LogP contribution >= 0.6 is 0 Å². The van der Waals surface area contributed by atoms with Crippen molar-refractivity contribution in [3.63, 3.8) is 0 Å². The number of nitrogens with zero attached hydrogens (tertiary/aromatic N) is 4. The Kier molecular flexibility index (Phi) is 3.90. The standard InChI is InChI=1S/C16H21N5O3/c1-5-16(11-6-18-20(4)7-11)14(22)21(15(23)19-16)8-12-13(10(2)3)24-9-17-12/h6-7,9-10H,5,8H2,1-4H3,(H,19,23). The normalized spacial score (nSPS) is 21.0. The van der Waals surface area contributed by atoms with Gasteiger partial charge in [0.15, 0.2) is 6.39 Å². The van der Waals surface area contributed by atoms with Crippen LogP contribution in [0.2, 0.25) is 0 Å². The predicted molar refractivity (Wildman–Crippen MR) is 84.9 cm³/mol. The number of rotatable bonds is 5. The zero-order valence-electron chi connectivity index (χ0n) is 14.2. The number of hydrogen-bond donors (Lipinski definition) is 1. The van der Waals surface area contributed by atoms with Crippen molar-refractivity contribution in [1.82, 2.24) is 25.0 Å². The molecule has 0 spiro atoms. The van der Waals surface area contributed by atoms with E-state index in [4.69, 9.17) is 4.42 Å². The van der Waals surface area contributed by atoms with Crippen LogP contribution in [0.1, 0.15) is 50.1 Å². The SMILES string of the molecule is CCC1(c2cnn(C)c2)NC(=O)N(Cc2ncoc2C(C)C)C1=O. The summed E-state index contributed by atoms with van der Waals surface area (Å²) in [5, 5.41) is 6.95. The first-order valence-corrected chi connectivity index (χ1v) is 7.94. The lowest BCUT2D eigenvalue weighted by Gasteiger charge is -2.23. The van der Waals surface area contributed by atoms with Crippen LogP contribution < -0.4 is 5.32 Å². The molecule has 1 unspecified atom stereocenters. The van der Waals surface area contributed by atoms with Gasteiger partial charge in [0.05, 0.1) is 12.7 Å². The van der Waals surface area contributed by atoms with Crippen LogP contribution in [0.25, 0.3) is 0 Å². The second-order valence-corrected chi connectivity index (χ2v) is 6.30. The molecule has 128 valence electrons. The lowest BCUT2D eigenvalue weighted by Crippen LogP contribution is -2.43. The first kappa shape index (κ1) is 16.2. The van der Waals surface area contributed by atoms with Crippen molar-refractivity contribution >= 4 is 11.9 Å². The fourth-order valence-electron chi connectivity index (χ4n) is 3.07. The molecule has 3 amide bonds. The van der Waals surface area contributed by atoms with Crippen molar-refractivity contribution in [1.29, 1.82) is 0 Å². The number of amides is 3. The molecule has 1 N–H and O–H groups in total. The maximum Gasteiger partial charge on any atom is 0.325 e. The van der Waals surface area contributed by atoms with Gasteiger partial charge in [0.1, 0.15) is 17.0 Å². The highest BCUT2D eigenvalue weighted by Gasteiger charge is 2.52. The molecule has 2 aromatic rings. The number of oxazole rings is 1. The van der Waals surface area contributed by atoms with E-state index in [1.54, 1.807) is 24.1 Å². The number of carbonyl (C=O) groups excluding carboxylic acids is 2. The van der Waals surface area contributed by atoms with Crippen molar-refractivity contribution in [3.05, 3.63) is 35.8 Å². The Hall–Kier alpha value is -2.64. The molecule has 8 heteroatoms. The highest BCUT2D eigenvalue weighted by molar-refractivity contribution is 6.07. The van der Waals surface area contributed by atoms with Gasteiger partial charge in [0.2, 0.25) is 0 Å². The van der Waals surface area contributed by atoms with E-state index in [1.807, 2.05) is 20.8 Å². The summed E-state index contributed by atoms with van der Waals surface area (Å²) in [6, 6.07) is -0.427. The smallest absolute Gasteiger partial charge is 0.325 e. The van der Waals surface area contributed by atoms with E-state index in [0.717, 1.165) is 0 Å². The van der Waals surface area contributed by atoms with E-state index in [2.05, 4.69) is 15.4 Å². The second-order valence-electron chi connectivity index (χ2n) is 6.30. The van der Waals surface area contributed by atoms with Gasteiger partial charge in [-0.15, -0.1) is 0 Å². The van der Waals surface area contributed by atoms with Crippen LogP contribution in [0.5, 0.6) is 0 Å². The topological polar surface area (TPSA) is 93.3 Å². The summed E-state index contributed by atoms with van der Waals surface area (Å²) in [6.45, 7) is 5.91. The van der Waals surface area contributed by atoms with Gasteiger partial charge in [0, 0.05) is 24.7 Å². The van der Waals surface area contributed by atoms with Crippen LogP contribution in [0, 0.1) is 0 Å². The zero-order valence-corrected chi connectivity index (χ0v) is 14.2. The minimum Gasteiger partial charge on any atom is -0.448 e. The number of imide groups is 1. The molecule has 3 rings (SSSR count). The van der Waals surface area contributed by atoms with Crippen molar-refractivity contribution in [2.45, 2.75) is 45.2 Å². The summed E-state index contributed by atoms with van der Waals surface area (Å²) in [5.41, 5.74) is 0.205. The first-order chi connectivity index (χ1) is 11.4. The van der Waals surface area contributed by atoms with E-state index < -0.39 is 11.6 Å². The number of aromatic nitrogens is 3. The third-order valence-electron chi connectivity index (χ3n) is 4.41. The maximum absolute atomic E-state index is 13.0. The molecular weight excluding hydrogens is 310 g/mol. The van der Waals surface area contributed by atoms with E-state index >= 15 is 0 Å². The number of carbonyl (C=O) groups is 2. The van der Waals surface area contributed by atoms with Crippen molar-refractivity contribution in [3.8, 4) is 0 Å². The minimum absolute atomic E-state index is 0.0939. The largest absolute Gasteiger partial charge is 0.448 e. The number of hydrogen-bond acceptors (Lipinski definition) is 5. The summed E-state index contributed by atoms with van der Waals surface area (Å²) in [4.78, 5) is 30.8. The zero-order chi connectivity index (χ0) is 17.5. The Balaban J connectivity index is 1.92. The predicted octanol–water partition coefficient (Wildman–Crippen LogP) is 1.89. The average molecular weight is 331 g/mol. The van der Waals surface area contributed by atoms with Crippen LogP contribution in [-0.4, -0.2) is 31.6 Å². The van der Waals surface area contributed by atoms with Crippen LogP contribution in [0.3, 0.4) is 0 Å². The van der Waals surface area contributed by atoms with Crippen molar-refractivity contribution in [2.75, 3.05) is 0 Å². The molecule has 0 bridgehead atoms. The fraction of sp³-hybridized carbons (Fsp3) is 0.500. The van der Waals surface area contributed by atoms with E-state index in [-0.39, 0.29) is 18.4 Å². The van der Waals surface area contributed by atoms with Gasteiger partial charge < -0.3 is 9.73 Å². The number of aryl methyl sites for hydroxylation is 1. The van der Waals surface area contributed by atoms with Gasteiger partial charge >= 0.3 is 6.03 Å². The van der Waals surface area contributed by atoms with Crippen LogP contribution in [-0.2, 0) is 23.9 Å². The molecule has 24 heavy (non-hydrogen) atoms.